The number of benzene rings is 4. The molecule has 37 heavy (non-hydrogen) atoms. The van der Waals surface area contributed by atoms with Crippen molar-refractivity contribution in [2.24, 2.45) is 0 Å². The van der Waals surface area contributed by atoms with Crippen molar-refractivity contribution in [2.75, 3.05) is 7.11 Å². The quantitative estimate of drug-likeness (QED) is 0.284. The highest BCUT2D eigenvalue weighted by Crippen LogP contribution is 2.26. The van der Waals surface area contributed by atoms with Crippen LogP contribution in [-0.2, 0) is 29.1 Å². The topological polar surface area (TPSA) is 58.6 Å². The first kappa shape index (κ1) is 26.0. The first-order valence-corrected chi connectivity index (χ1v) is 12.4. The Labute approximate surface area is 222 Å². The Morgan fingerprint density at radius 2 is 1.38 bits per heavy atom. The monoisotopic (exact) mass is 512 g/mol. The number of nitrogens with one attached hydrogen (secondary N) is 1. The molecule has 5 nitrogen and oxygen atoms in total. The summed E-state index contributed by atoms with van der Waals surface area (Å²) in [5.41, 5.74) is 3.45. The number of halogens is 1. The van der Waals surface area contributed by atoms with E-state index in [2.05, 4.69) is 5.32 Å². The second-order valence-corrected chi connectivity index (χ2v) is 9.13. The second-order valence-electron chi connectivity index (χ2n) is 8.69. The lowest BCUT2D eigenvalue weighted by molar-refractivity contribution is -0.141. The number of amides is 2. The minimum atomic E-state index is -0.813. The third-order valence-corrected chi connectivity index (χ3v) is 6.34. The van der Waals surface area contributed by atoms with Crippen LogP contribution in [0.3, 0.4) is 0 Å². The van der Waals surface area contributed by atoms with Gasteiger partial charge < -0.3 is 15.0 Å². The summed E-state index contributed by atoms with van der Waals surface area (Å²) in [5, 5.41) is 3.66. The van der Waals surface area contributed by atoms with E-state index in [9.17, 15) is 9.59 Å². The highest BCUT2D eigenvalue weighted by atomic mass is 35.5. The molecule has 0 saturated heterocycles. The van der Waals surface area contributed by atoms with E-state index < -0.39 is 6.04 Å². The van der Waals surface area contributed by atoms with Gasteiger partial charge in [-0.15, -0.1) is 0 Å². The van der Waals surface area contributed by atoms with Gasteiger partial charge in [0.1, 0.15) is 11.8 Å². The molecule has 188 valence electrons. The number of nitrogens with zero attached hydrogens (tertiary/aromatic N) is 1. The minimum absolute atomic E-state index is 0.141. The van der Waals surface area contributed by atoms with Crippen LogP contribution >= 0.6 is 11.6 Å². The van der Waals surface area contributed by atoms with E-state index >= 15 is 0 Å². The van der Waals surface area contributed by atoms with E-state index in [1.165, 1.54) is 0 Å². The number of hydrogen-bond donors (Lipinski definition) is 1. The van der Waals surface area contributed by atoms with Gasteiger partial charge in [-0.05, 0) is 46.5 Å². The largest absolute Gasteiger partial charge is 0.497 e. The van der Waals surface area contributed by atoms with Crippen LogP contribution in [0.5, 0.6) is 5.75 Å². The van der Waals surface area contributed by atoms with E-state index in [-0.39, 0.29) is 24.8 Å². The number of carbonyl (C=O) groups excluding carboxylic acids is 2. The molecule has 0 heterocycles. The lowest BCUT2D eigenvalue weighted by Gasteiger charge is -2.32. The molecule has 0 radical (unpaired) electrons. The van der Waals surface area contributed by atoms with E-state index in [0.717, 1.165) is 28.0 Å². The standard InChI is InChI=1S/C31H29ClN2O3/c1-37-28-18-14-25(15-19-28)22-34(29(35)20-23-8-4-2-5-9-23)30(26-10-6-3-7-11-26)31(36)33-21-24-12-16-27(32)17-13-24/h2-19,30H,20-22H2,1H3,(H,33,36)/t30-/m0/s1. The molecule has 4 aromatic carbocycles. The summed E-state index contributed by atoms with van der Waals surface area (Å²) >= 11 is 6.00. The Kier molecular flexibility index (Phi) is 8.95. The Balaban J connectivity index is 1.66. The van der Waals surface area contributed by atoms with Crippen molar-refractivity contribution in [1.29, 1.82) is 0 Å². The highest BCUT2D eigenvalue weighted by molar-refractivity contribution is 6.30. The van der Waals surface area contributed by atoms with Crippen LogP contribution in [0.1, 0.15) is 28.3 Å². The molecule has 0 fully saturated rings. The number of carbonyl (C=O) groups is 2. The maximum Gasteiger partial charge on any atom is 0.247 e. The van der Waals surface area contributed by atoms with Crippen LogP contribution in [0.15, 0.2) is 109 Å². The van der Waals surface area contributed by atoms with Crippen LogP contribution in [0.4, 0.5) is 0 Å². The Morgan fingerprint density at radius 3 is 2.00 bits per heavy atom. The summed E-state index contributed by atoms with van der Waals surface area (Å²) in [6.45, 7) is 0.589. The van der Waals surface area contributed by atoms with Crippen molar-refractivity contribution in [3.8, 4) is 5.75 Å². The van der Waals surface area contributed by atoms with Gasteiger partial charge in [-0.3, -0.25) is 9.59 Å². The zero-order valence-corrected chi connectivity index (χ0v) is 21.4. The fourth-order valence-electron chi connectivity index (χ4n) is 4.12. The molecular weight excluding hydrogens is 484 g/mol. The van der Waals surface area contributed by atoms with Crippen molar-refractivity contribution in [1.82, 2.24) is 10.2 Å². The summed E-state index contributed by atoms with van der Waals surface area (Å²) in [7, 11) is 1.61. The van der Waals surface area contributed by atoms with Gasteiger partial charge >= 0.3 is 0 Å². The first-order valence-electron chi connectivity index (χ1n) is 12.1. The zero-order chi connectivity index (χ0) is 26.0. The van der Waals surface area contributed by atoms with Crippen molar-refractivity contribution >= 4 is 23.4 Å². The predicted octanol–water partition coefficient (Wildman–Crippen LogP) is 5.98. The molecule has 0 bridgehead atoms. The number of hydrogen-bond acceptors (Lipinski definition) is 3. The smallest absolute Gasteiger partial charge is 0.247 e. The van der Waals surface area contributed by atoms with Gasteiger partial charge in [-0.1, -0.05) is 96.5 Å². The Morgan fingerprint density at radius 1 is 0.784 bits per heavy atom. The molecule has 4 aromatic rings. The fraction of sp³-hybridized carbons (Fsp3) is 0.161. The molecule has 1 N–H and O–H groups in total. The van der Waals surface area contributed by atoms with Crippen molar-refractivity contribution < 1.29 is 14.3 Å². The first-order chi connectivity index (χ1) is 18.0. The highest BCUT2D eigenvalue weighted by Gasteiger charge is 2.31. The van der Waals surface area contributed by atoms with Crippen molar-refractivity contribution in [3.05, 3.63) is 136 Å². The molecule has 4 rings (SSSR count). The maximum absolute atomic E-state index is 13.8. The molecule has 0 aromatic heterocycles. The lowest BCUT2D eigenvalue weighted by Crippen LogP contribution is -2.43. The average Bonchev–Trinajstić information content (AvgIpc) is 2.94. The molecule has 1 atom stereocenters. The molecular formula is C31H29ClN2O3. The summed E-state index contributed by atoms with van der Waals surface area (Å²) in [4.78, 5) is 29.2. The molecule has 0 spiro atoms. The van der Waals surface area contributed by atoms with E-state index in [1.807, 2.05) is 97.1 Å². The van der Waals surface area contributed by atoms with Gasteiger partial charge in [0.2, 0.25) is 11.8 Å². The minimum Gasteiger partial charge on any atom is -0.497 e. The fourth-order valence-corrected chi connectivity index (χ4v) is 4.25. The normalized spacial score (nSPS) is 11.4. The van der Waals surface area contributed by atoms with Crippen LogP contribution in [0, 0.1) is 0 Å². The third kappa shape index (κ3) is 7.21. The number of rotatable bonds is 10. The Hall–Kier alpha value is -4.09. The second kappa shape index (κ2) is 12.7. The van der Waals surface area contributed by atoms with Gasteiger partial charge in [-0.2, -0.15) is 0 Å². The molecule has 2 amide bonds. The van der Waals surface area contributed by atoms with Crippen LogP contribution in [0.25, 0.3) is 0 Å². The molecule has 0 saturated carbocycles. The summed E-state index contributed by atoms with van der Waals surface area (Å²) in [6.07, 6.45) is 0.185. The van der Waals surface area contributed by atoms with Crippen molar-refractivity contribution in [3.63, 3.8) is 0 Å². The van der Waals surface area contributed by atoms with Crippen LogP contribution < -0.4 is 10.1 Å². The van der Waals surface area contributed by atoms with E-state index in [4.69, 9.17) is 16.3 Å². The summed E-state index contributed by atoms with van der Waals surface area (Å²) in [5.74, 6) is 0.333. The van der Waals surface area contributed by atoms with Gasteiger partial charge in [0.25, 0.3) is 0 Å². The zero-order valence-electron chi connectivity index (χ0n) is 20.6. The van der Waals surface area contributed by atoms with Gasteiger partial charge in [0, 0.05) is 18.1 Å². The molecule has 0 unspecified atom stereocenters. The van der Waals surface area contributed by atoms with Crippen LogP contribution in [-0.4, -0.2) is 23.8 Å². The summed E-state index contributed by atoms with van der Waals surface area (Å²) in [6, 6.07) is 33.0. The van der Waals surface area contributed by atoms with Crippen molar-refractivity contribution in [2.45, 2.75) is 25.6 Å². The summed E-state index contributed by atoms with van der Waals surface area (Å²) < 4.78 is 5.28. The van der Waals surface area contributed by atoms with Gasteiger partial charge in [0.05, 0.1) is 13.5 Å². The van der Waals surface area contributed by atoms with E-state index in [1.54, 1.807) is 24.1 Å². The van der Waals surface area contributed by atoms with Crippen LogP contribution in [0.2, 0.25) is 5.02 Å². The molecule has 6 heteroatoms. The molecule has 0 aliphatic rings. The number of ether oxygens (including phenoxy) is 1. The maximum atomic E-state index is 13.8. The third-order valence-electron chi connectivity index (χ3n) is 6.09. The molecule has 0 aliphatic carbocycles. The van der Waals surface area contributed by atoms with Gasteiger partial charge in [-0.25, -0.2) is 0 Å². The van der Waals surface area contributed by atoms with Gasteiger partial charge in [0.15, 0.2) is 0 Å². The number of methoxy groups -OCH3 is 1. The lowest BCUT2D eigenvalue weighted by atomic mass is 10.0. The predicted molar refractivity (Wildman–Crippen MR) is 146 cm³/mol. The molecule has 0 aliphatic heterocycles. The van der Waals surface area contributed by atoms with E-state index in [0.29, 0.717) is 11.6 Å². The Bertz CT molecular complexity index is 1290. The average molecular weight is 513 g/mol. The SMILES string of the molecule is COc1ccc(CN(C(=O)Cc2ccccc2)[C@H](C(=O)NCc2ccc(Cl)cc2)c2ccccc2)cc1.